The van der Waals surface area contributed by atoms with Gasteiger partial charge in [0.1, 0.15) is 17.5 Å². The number of fused-ring (bicyclic) bond motifs is 1. The lowest BCUT2D eigenvalue weighted by atomic mass is 9.74. The Kier molecular flexibility index (Phi) is 7.35. The molecule has 1 amide bonds. The molecule has 2 heterocycles. The Morgan fingerprint density at radius 3 is 2.49 bits per heavy atom. The summed E-state index contributed by atoms with van der Waals surface area (Å²) in [4.78, 5) is 24.7. The Balaban J connectivity index is 1.33. The fraction of sp³-hybridized carbons (Fsp3) is 0.258. The molecule has 1 aliphatic heterocycles. The van der Waals surface area contributed by atoms with Gasteiger partial charge in [0.2, 0.25) is 5.76 Å². The Labute approximate surface area is 225 Å². The maximum atomic E-state index is 12.5. The van der Waals surface area contributed by atoms with Crippen LogP contribution < -0.4 is 5.32 Å². The van der Waals surface area contributed by atoms with Crippen LogP contribution >= 0.6 is 0 Å². The number of aryl methyl sites for hydroxylation is 1. The predicted octanol–water partition coefficient (Wildman–Crippen LogP) is 5.98. The molecule has 3 aromatic carbocycles. The Morgan fingerprint density at radius 2 is 1.74 bits per heavy atom. The van der Waals surface area contributed by atoms with E-state index in [4.69, 9.17) is 14.0 Å². The largest absolute Gasteiger partial charge is 0.481 e. The fourth-order valence-electron chi connectivity index (χ4n) is 4.78. The average Bonchev–Trinajstić information content (AvgIpc) is 3.30. The van der Waals surface area contributed by atoms with Gasteiger partial charge in [-0.1, -0.05) is 65.7 Å². The van der Waals surface area contributed by atoms with Crippen LogP contribution in [0.25, 0.3) is 10.8 Å². The molecule has 5 rings (SSSR count). The topological polar surface area (TPSA) is 111 Å². The van der Waals surface area contributed by atoms with Gasteiger partial charge in [-0.25, -0.2) is 4.79 Å². The van der Waals surface area contributed by atoms with Crippen LogP contribution in [0.3, 0.4) is 0 Å². The second kappa shape index (κ2) is 11.0. The number of benzene rings is 3. The van der Waals surface area contributed by atoms with Gasteiger partial charge in [0.05, 0.1) is 5.41 Å². The molecule has 1 aromatic heterocycles. The Hall–Kier alpha value is -4.61. The molecule has 0 spiro atoms. The summed E-state index contributed by atoms with van der Waals surface area (Å²) >= 11 is 0. The van der Waals surface area contributed by atoms with Crippen molar-refractivity contribution in [3.05, 3.63) is 94.9 Å². The van der Waals surface area contributed by atoms with Crippen LogP contribution in [-0.4, -0.2) is 35.5 Å². The number of carboxylic acids is 1. The van der Waals surface area contributed by atoms with E-state index in [1.165, 1.54) is 0 Å². The van der Waals surface area contributed by atoms with Crippen LogP contribution in [0, 0.1) is 18.8 Å². The molecular weight excluding hydrogens is 496 g/mol. The molecule has 1 unspecified atom stereocenters. The first-order valence-corrected chi connectivity index (χ1v) is 12.7. The number of carbonyl (C=O) groups is 2. The number of carbonyl (C=O) groups excluding carboxylic acids is 1. The number of aromatic nitrogens is 1. The monoisotopic (exact) mass is 524 g/mol. The zero-order valence-electron chi connectivity index (χ0n) is 21.7. The molecule has 4 aromatic rings. The average molecular weight is 525 g/mol. The van der Waals surface area contributed by atoms with Crippen LogP contribution in [0.5, 0.6) is 0 Å². The number of aliphatic carboxylic acids is 1. The van der Waals surface area contributed by atoms with Crippen molar-refractivity contribution in [1.29, 1.82) is 0 Å². The molecule has 0 radical (unpaired) electrons. The van der Waals surface area contributed by atoms with Gasteiger partial charge in [-0.05, 0) is 66.6 Å². The van der Waals surface area contributed by atoms with E-state index in [1.807, 2.05) is 66.7 Å². The molecule has 0 saturated carbocycles. The highest BCUT2D eigenvalue weighted by molar-refractivity contribution is 5.89. The molecule has 0 bridgehead atoms. The third-order valence-electron chi connectivity index (χ3n) is 7.11. The smallest absolute Gasteiger partial charge is 0.412 e. The van der Waals surface area contributed by atoms with Gasteiger partial charge in [0.15, 0.2) is 0 Å². The second-order valence-corrected chi connectivity index (χ2v) is 9.58. The van der Waals surface area contributed by atoms with Crippen molar-refractivity contribution in [3.8, 4) is 11.8 Å². The number of amides is 1. The fourth-order valence-corrected chi connectivity index (χ4v) is 4.78. The zero-order chi connectivity index (χ0) is 27.4. The first-order chi connectivity index (χ1) is 18.9. The lowest BCUT2D eigenvalue weighted by Crippen LogP contribution is -2.41. The first kappa shape index (κ1) is 26.0. The summed E-state index contributed by atoms with van der Waals surface area (Å²) in [6, 6.07) is 20.9. The summed E-state index contributed by atoms with van der Waals surface area (Å²) in [6.07, 6.45) is -0.173. The molecule has 1 aliphatic rings. The Morgan fingerprint density at radius 1 is 1.03 bits per heavy atom. The van der Waals surface area contributed by atoms with Crippen LogP contribution in [0.15, 0.2) is 71.3 Å². The quantitative estimate of drug-likeness (QED) is 0.309. The number of ether oxygens (including phenoxy) is 2. The van der Waals surface area contributed by atoms with Gasteiger partial charge < -0.3 is 19.1 Å². The third-order valence-corrected chi connectivity index (χ3v) is 7.11. The first-order valence-electron chi connectivity index (χ1n) is 12.7. The van der Waals surface area contributed by atoms with E-state index < -0.39 is 23.6 Å². The van der Waals surface area contributed by atoms with E-state index in [1.54, 1.807) is 13.8 Å². The highest BCUT2D eigenvalue weighted by atomic mass is 16.6. The van der Waals surface area contributed by atoms with Gasteiger partial charge in [0.25, 0.3) is 0 Å². The van der Waals surface area contributed by atoms with Gasteiger partial charge in [0, 0.05) is 18.8 Å². The number of hydrogen-bond donors (Lipinski definition) is 2. The van der Waals surface area contributed by atoms with Gasteiger partial charge in [-0.2, -0.15) is 0 Å². The van der Waals surface area contributed by atoms with E-state index in [0.29, 0.717) is 37.4 Å². The molecule has 1 atom stereocenters. The third kappa shape index (κ3) is 5.49. The number of rotatable bonds is 5. The van der Waals surface area contributed by atoms with E-state index in [9.17, 15) is 14.7 Å². The van der Waals surface area contributed by atoms with E-state index in [-0.39, 0.29) is 5.76 Å². The highest BCUT2D eigenvalue weighted by Gasteiger charge is 2.41. The summed E-state index contributed by atoms with van der Waals surface area (Å²) < 4.78 is 16.3. The van der Waals surface area contributed by atoms with Gasteiger partial charge in [-0.15, -0.1) is 0 Å². The summed E-state index contributed by atoms with van der Waals surface area (Å²) in [5, 5.41) is 18.5. The number of carboxylic acid groups (broad SMARTS) is 1. The molecule has 198 valence electrons. The van der Waals surface area contributed by atoms with Crippen LogP contribution in [0.4, 0.5) is 10.5 Å². The van der Waals surface area contributed by atoms with Gasteiger partial charge >= 0.3 is 12.1 Å². The van der Waals surface area contributed by atoms with Crippen molar-refractivity contribution in [3.63, 3.8) is 0 Å². The van der Waals surface area contributed by atoms with E-state index in [0.717, 1.165) is 27.5 Å². The standard InChI is InChI=1S/C31H28N2O6/c1-20-28(32-30(36)38-21(2)23-6-4-3-5-7-23)27(39-33-20)13-9-22-8-10-25-19-26(12-11-24(25)18-22)31(29(34)35)14-16-37-17-15-31/h3-8,10-12,18-19,21H,14-17H2,1-2H3,(H,32,36)(H,34,35). The van der Waals surface area contributed by atoms with Crippen molar-refractivity contribution >= 4 is 28.5 Å². The van der Waals surface area contributed by atoms with Crippen molar-refractivity contribution in [2.24, 2.45) is 0 Å². The lowest BCUT2D eigenvalue weighted by Gasteiger charge is -2.33. The predicted molar refractivity (Wildman–Crippen MR) is 145 cm³/mol. The Bertz CT molecular complexity index is 1580. The molecule has 39 heavy (non-hydrogen) atoms. The van der Waals surface area contributed by atoms with Crippen LogP contribution in [0.2, 0.25) is 0 Å². The van der Waals surface area contributed by atoms with E-state index >= 15 is 0 Å². The number of hydrogen-bond acceptors (Lipinski definition) is 6. The SMILES string of the molecule is Cc1noc(C#Cc2ccc3cc(C4(C(=O)O)CCOCC4)ccc3c2)c1NC(=O)OC(C)c1ccccc1. The minimum Gasteiger partial charge on any atom is -0.481 e. The molecule has 1 fully saturated rings. The van der Waals surface area contributed by atoms with Crippen LogP contribution in [0.1, 0.15) is 54.0 Å². The molecule has 1 saturated heterocycles. The maximum Gasteiger partial charge on any atom is 0.412 e. The highest BCUT2D eigenvalue weighted by Crippen LogP contribution is 2.36. The number of nitrogens with one attached hydrogen (secondary N) is 1. The maximum absolute atomic E-state index is 12.5. The molecule has 8 heteroatoms. The summed E-state index contributed by atoms with van der Waals surface area (Å²) in [5.74, 6) is 5.41. The van der Waals surface area contributed by atoms with Crippen molar-refractivity contribution in [1.82, 2.24) is 5.16 Å². The van der Waals surface area contributed by atoms with Crippen molar-refractivity contribution < 1.29 is 28.7 Å². The summed E-state index contributed by atoms with van der Waals surface area (Å²) in [7, 11) is 0. The summed E-state index contributed by atoms with van der Waals surface area (Å²) in [5.41, 5.74) is 2.30. The normalized spacial score (nSPS) is 15.1. The zero-order valence-corrected chi connectivity index (χ0v) is 21.7. The van der Waals surface area contributed by atoms with Crippen molar-refractivity contribution in [2.75, 3.05) is 18.5 Å². The second-order valence-electron chi connectivity index (χ2n) is 9.58. The molecule has 8 nitrogen and oxygen atoms in total. The summed E-state index contributed by atoms with van der Waals surface area (Å²) in [6.45, 7) is 4.37. The van der Waals surface area contributed by atoms with Gasteiger partial charge in [-0.3, -0.25) is 10.1 Å². The number of anilines is 1. The minimum absolute atomic E-state index is 0.218. The minimum atomic E-state index is -0.932. The van der Waals surface area contributed by atoms with Crippen molar-refractivity contribution in [2.45, 2.75) is 38.2 Å². The number of nitrogens with zero attached hydrogens (tertiary/aromatic N) is 1. The van der Waals surface area contributed by atoms with Crippen LogP contribution in [-0.2, 0) is 19.7 Å². The van der Waals surface area contributed by atoms with E-state index in [2.05, 4.69) is 22.3 Å². The lowest BCUT2D eigenvalue weighted by molar-refractivity contribution is -0.147. The molecule has 2 N–H and O–H groups in total. The molecule has 0 aliphatic carbocycles. The molecular formula is C31H28N2O6.